The minimum absolute atomic E-state index is 0.225. The number of carbonyl (C=O) groups excluding carboxylic acids is 1. The summed E-state index contributed by atoms with van der Waals surface area (Å²) in [4.78, 5) is 17.5. The molecule has 1 aromatic carbocycles. The second-order valence-corrected chi connectivity index (χ2v) is 5.72. The molecule has 1 aliphatic rings. The lowest BCUT2D eigenvalue weighted by molar-refractivity contribution is -0.130. The van der Waals surface area contributed by atoms with E-state index in [1.54, 1.807) is 11.8 Å². The number of thioether (sulfide) groups is 1. The zero-order chi connectivity index (χ0) is 13.7. The first kappa shape index (κ1) is 14.2. The Hall–Kier alpha value is -1.20. The SMILES string of the molecule is CCN1CCN(C(=O)CSc2cccc(N)c2)CC1. The van der Waals surface area contributed by atoms with Gasteiger partial charge in [-0.05, 0) is 24.7 Å². The first-order valence-electron chi connectivity index (χ1n) is 6.67. The van der Waals surface area contributed by atoms with Crippen molar-refractivity contribution in [2.75, 3.05) is 44.2 Å². The van der Waals surface area contributed by atoms with Crippen LogP contribution in [0.2, 0.25) is 0 Å². The molecule has 0 radical (unpaired) electrons. The van der Waals surface area contributed by atoms with Gasteiger partial charge in [0.2, 0.25) is 5.91 Å². The van der Waals surface area contributed by atoms with Gasteiger partial charge in [-0.15, -0.1) is 11.8 Å². The molecule has 1 aromatic rings. The number of carbonyl (C=O) groups is 1. The minimum atomic E-state index is 0.225. The Labute approximate surface area is 118 Å². The summed E-state index contributed by atoms with van der Waals surface area (Å²) in [6.45, 7) is 6.91. The van der Waals surface area contributed by atoms with Crippen molar-refractivity contribution in [3.63, 3.8) is 0 Å². The molecule has 19 heavy (non-hydrogen) atoms. The highest BCUT2D eigenvalue weighted by atomic mass is 32.2. The van der Waals surface area contributed by atoms with Crippen molar-refractivity contribution >= 4 is 23.4 Å². The molecular formula is C14H21N3OS. The Kier molecular flexibility index (Phi) is 5.10. The maximum atomic E-state index is 12.1. The van der Waals surface area contributed by atoms with Gasteiger partial charge >= 0.3 is 0 Å². The fraction of sp³-hybridized carbons (Fsp3) is 0.500. The fourth-order valence-electron chi connectivity index (χ4n) is 2.15. The molecule has 1 amide bonds. The van der Waals surface area contributed by atoms with Crippen LogP contribution < -0.4 is 5.73 Å². The summed E-state index contributed by atoms with van der Waals surface area (Å²) in [5, 5.41) is 0. The van der Waals surface area contributed by atoms with Crippen LogP contribution >= 0.6 is 11.8 Å². The molecule has 104 valence electrons. The van der Waals surface area contributed by atoms with Crippen LogP contribution in [0.15, 0.2) is 29.2 Å². The average molecular weight is 279 g/mol. The summed E-state index contributed by atoms with van der Waals surface area (Å²) in [6, 6.07) is 7.67. The molecule has 5 heteroatoms. The molecule has 0 aliphatic carbocycles. The average Bonchev–Trinajstić information content (AvgIpc) is 2.45. The van der Waals surface area contributed by atoms with E-state index in [9.17, 15) is 4.79 Å². The van der Waals surface area contributed by atoms with E-state index in [1.807, 2.05) is 29.2 Å². The van der Waals surface area contributed by atoms with Gasteiger partial charge < -0.3 is 15.5 Å². The molecular weight excluding hydrogens is 258 g/mol. The molecule has 4 nitrogen and oxygen atoms in total. The normalized spacial score (nSPS) is 16.6. The van der Waals surface area contributed by atoms with Crippen LogP contribution in [0.3, 0.4) is 0 Å². The molecule has 1 fully saturated rings. The predicted octanol–water partition coefficient (Wildman–Crippen LogP) is 1.52. The quantitative estimate of drug-likeness (QED) is 0.671. The highest BCUT2D eigenvalue weighted by Gasteiger charge is 2.19. The molecule has 0 aromatic heterocycles. The Morgan fingerprint density at radius 3 is 2.68 bits per heavy atom. The van der Waals surface area contributed by atoms with Crippen molar-refractivity contribution in [1.82, 2.24) is 9.80 Å². The van der Waals surface area contributed by atoms with Gasteiger partial charge in [-0.25, -0.2) is 0 Å². The van der Waals surface area contributed by atoms with Crippen LogP contribution in [0.25, 0.3) is 0 Å². The van der Waals surface area contributed by atoms with Gasteiger partial charge in [-0.2, -0.15) is 0 Å². The number of likely N-dealkylation sites (N-methyl/N-ethyl adjacent to an activating group) is 1. The van der Waals surface area contributed by atoms with E-state index in [-0.39, 0.29) is 5.91 Å². The van der Waals surface area contributed by atoms with Crippen LogP contribution in [0.4, 0.5) is 5.69 Å². The van der Waals surface area contributed by atoms with Crippen molar-refractivity contribution in [2.24, 2.45) is 0 Å². The monoisotopic (exact) mass is 279 g/mol. The number of hydrogen-bond acceptors (Lipinski definition) is 4. The number of piperazine rings is 1. The maximum Gasteiger partial charge on any atom is 0.233 e. The smallest absolute Gasteiger partial charge is 0.233 e. The van der Waals surface area contributed by atoms with Gasteiger partial charge in [0.15, 0.2) is 0 Å². The number of rotatable bonds is 4. The summed E-state index contributed by atoms with van der Waals surface area (Å²) in [5.74, 6) is 0.721. The van der Waals surface area contributed by atoms with E-state index in [0.717, 1.165) is 43.3 Å². The molecule has 0 saturated carbocycles. The molecule has 1 saturated heterocycles. The predicted molar refractivity (Wildman–Crippen MR) is 80.3 cm³/mol. The number of nitrogens with zero attached hydrogens (tertiary/aromatic N) is 2. The van der Waals surface area contributed by atoms with Crippen molar-refractivity contribution in [1.29, 1.82) is 0 Å². The van der Waals surface area contributed by atoms with E-state index in [0.29, 0.717) is 5.75 Å². The van der Waals surface area contributed by atoms with Gasteiger partial charge in [0, 0.05) is 36.8 Å². The molecule has 1 aliphatic heterocycles. The van der Waals surface area contributed by atoms with Crippen molar-refractivity contribution < 1.29 is 4.79 Å². The van der Waals surface area contributed by atoms with E-state index >= 15 is 0 Å². The largest absolute Gasteiger partial charge is 0.399 e. The van der Waals surface area contributed by atoms with Crippen LogP contribution in [0, 0.1) is 0 Å². The van der Waals surface area contributed by atoms with Gasteiger partial charge in [0.25, 0.3) is 0 Å². The summed E-state index contributed by atoms with van der Waals surface area (Å²) in [5.41, 5.74) is 6.47. The number of hydrogen-bond donors (Lipinski definition) is 1. The second-order valence-electron chi connectivity index (χ2n) is 4.68. The Bertz CT molecular complexity index is 430. The number of amides is 1. The standard InChI is InChI=1S/C14H21N3OS/c1-2-16-6-8-17(9-7-16)14(18)11-19-13-5-3-4-12(15)10-13/h3-5,10H,2,6-9,11,15H2,1H3. The van der Waals surface area contributed by atoms with Crippen molar-refractivity contribution in [2.45, 2.75) is 11.8 Å². The van der Waals surface area contributed by atoms with Gasteiger partial charge in [0.05, 0.1) is 5.75 Å². The Morgan fingerprint density at radius 1 is 1.32 bits per heavy atom. The molecule has 0 atom stereocenters. The van der Waals surface area contributed by atoms with Crippen molar-refractivity contribution in [3.8, 4) is 0 Å². The van der Waals surface area contributed by atoms with Gasteiger partial charge in [0.1, 0.15) is 0 Å². The zero-order valence-electron chi connectivity index (χ0n) is 11.3. The molecule has 0 unspecified atom stereocenters. The molecule has 2 rings (SSSR count). The fourth-order valence-corrected chi connectivity index (χ4v) is 3.02. The maximum absolute atomic E-state index is 12.1. The zero-order valence-corrected chi connectivity index (χ0v) is 12.2. The van der Waals surface area contributed by atoms with Crippen LogP contribution in [-0.2, 0) is 4.79 Å². The highest BCUT2D eigenvalue weighted by molar-refractivity contribution is 8.00. The Balaban J connectivity index is 1.79. The third-order valence-electron chi connectivity index (χ3n) is 3.39. The van der Waals surface area contributed by atoms with Gasteiger partial charge in [-0.1, -0.05) is 13.0 Å². The van der Waals surface area contributed by atoms with Crippen LogP contribution in [0.1, 0.15) is 6.92 Å². The number of nitrogens with two attached hydrogens (primary N) is 1. The molecule has 1 heterocycles. The van der Waals surface area contributed by atoms with Crippen LogP contribution in [-0.4, -0.2) is 54.2 Å². The number of benzene rings is 1. The summed E-state index contributed by atoms with van der Waals surface area (Å²) >= 11 is 1.56. The summed E-state index contributed by atoms with van der Waals surface area (Å²) in [7, 11) is 0. The molecule has 2 N–H and O–H groups in total. The minimum Gasteiger partial charge on any atom is -0.399 e. The van der Waals surface area contributed by atoms with E-state index in [2.05, 4.69) is 11.8 Å². The van der Waals surface area contributed by atoms with Crippen LogP contribution in [0.5, 0.6) is 0 Å². The molecule has 0 bridgehead atoms. The summed E-state index contributed by atoms with van der Waals surface area (Å²) in [6.07, 6.45) is 0. The number of nitrogen functional groups attached to an aromatic ring is 1. The topological polar surface area (TPSA) is 49.6 Å². The lowest BCUT2D eigenvalue weighted by atomic mass is 10.3. The number of anilines is 1. The first-order chi connectivity index (χ1) is 9.19. The lowest BCUT2D eigenvalue weighted by Gasteiger charge is -2.34. The highest BCUT2D eigenvalue weighted by Crippen LogP contribution is 2.20. The second kappa shape index (κ2) is 6.82. The van der Waals surface area contributed by atoms with E-state index < -0.39 is 0 Å². The molecule has 0 spiro atoms. The van der Waals surface area contributed by atoms with Crippen molar-refractivity contribution in [3.05, 3.63) is 24.3 Å². The third-order valence-corrected chi connectivity index (χ3v) is 4.37. The Morgan fingerprint density at radius 2 is 2.05 bits per heavy atom. The third kappa shape index (κ3) is 4.14. The van der Waals surface area contributed by atoms with Gasteiger partial charge in [-0.3, -0.25) is 4.79 Å². The van der Waals surface area contributed by atoms with E-state index in [1.165, 1.54) is 0 Å². The lowest BCUT2D eigenvalue weighted by Crippen LogP contribution is -2.49. The first-order valence-corrected chi connectivity index (χ1v) is 7.66. The summed E-state index contributed by atoms with van der Waals surface area (Å²) < 4.78 is 0. The van der Waals surface area contributed by atoms with E-state index in [4.69, 9.17) is 5.73 Å².